The van der Waals surface area contributed by atoms with Crippen LogP contribution in [0.25, 0.3) is 10.3 Å². The van der Waals surface area contributed by atoms with Crippen molar-refractivity contribution in [1.29, 1.82) is 5.53 Å². The lowest BCUT2D eigenvalue weighted by molar-refractivity contribution is -0.0282. The minimum Gasteiger partial charge on any atom is -0.353 e. The van der Waals surface area contributed by atoms with E-state index in [1.54, 1.807) is 0 Å². The molecule has 3 atom stereocenters. The average Bonchev–Trinajstić information content (AvgIpc) is 3.06. The summed E-state index contributed by atoms with van der Waals surface area (Å²) in [7, 11) is 0. The molecule has 0 radical (unpaired) electrons. The third-order valence-electron chi connectivity index (χ3n) is 4.92. The molecule has 0 amide bonds. The van der Waals surface area contributed by atoms with Crippen LogP contribution in [-0.4, -0.2) is 26.2 Å². The van der Waals surface area contributed by atoms with Crippen molar-refractivity contribution in [2.45, 2.75) is 57.9 Å². The van der Waals surface area contributed by atoms with E-state index in [0.29, 0.717) is 6.42 Å². The number of nitrogens with two attached hydrogens (primary N) is 1. The summed E-state index contributed by atoms with van der Waals surface area (Å²) in [5, 5.41) is 3.01. The Kier molecular flexibility index (Phi) is 4.95. The molecule has 0 spiro atoms. The Morgan fingerprint density at radius 1 is 1.58 bits per heavy atom. The molecule has 1 fully saturated rings. The van der Waals surface area contributed by atoms with Gasteiger partial charge < -0.3 is 10.5 Å². The van der Waals surface area contributed by atoms with Crippen LogP contribution in [-0.2, 0) is 4.74 Å². The molecular formula is C15H23N7O3S. The molecule has 0 bridgehead atoms. The van der Waals surface area contributed by atoms with Crippen LogP contribution < -0.4 is 21.6 Å². The van der Waals surface area contributed by atoms with Gasteiger partial charge in [-0.15, -0.1) is 0 Å². The predicted molar refractivity (Wildman–Crippen MR) is 98.5 cm³/mol. The first kappa shape index (κ1) is 18.7. The van der Waals surface area contributed by atoms with Gasteiger partial charge in [-0.05, 0) is 18.8 Å². The number of aromatic nitrogens is 3. The van der Waals surface area contributed by atoms with Gasteiger partial charge in [0.05, 0.1) is 11.6 Å². The fourth-order valence-electron chi connectivity index (χ4n) is 3.41. The molecule has 2 aromatic rings. The third-order valence-corrected chi connectivity index (χ3v) is 5.86. The highest BCUT2D eigenvalue weighted by Crippen LogP contribution is 2.43. The number of nitrogens with one attached hydrogen (secondary N) is 3. The van der Waals surface area contributed by atoms with E-state index in [1.165, 1.54) is 4.57 Å². The molecule has 0 aromatic carbocycles. The number of rotatable bonds is 6. The number of nitrogens with zero attached hydrogens (tertiary/aromatic N) is 3. The number of anilines is 1. The number of hydrogen-bond donors (Lipinski definition) is 4. The first-order chi connectivity index (χ1) is 12.3. The number of ether oxygens (including phenoxy) is 1. The standard InChI is InChI=1S/C15H23N7O3S/c1-4-5-8-6-15(16,7(2)3)12(25-8)22-10-9(26-14(22)24)11(23)19-13(18-10)20-21-17/h7-8,12H,4-6,16H2,1-3H3,(H3,17,18,19,20,23)/t8?,12-,15+/m1/s1. The lowest BCUT2D eigenvalue weighted by Crippen LogP contribution is -2.51. The molecule has 5 N–H and O–H groups in total. The van der Waals surface area contributed by atoms with Crippen LogP contribution in [0, 0.1) is 11.4 Å². The van der Waals surface area contributed by atoms with Gasteiger partial charge in [0.25, 0.3) is 5.56 Å². The number of thiazole rings is 1. The molecule has 11 heteroatoms. The normalized spacial score (nSPS) is 25.9. The van der Waals surface area contributed by atoms with Gasteiger partial charge in [0.1, 0.15) is 4.70 Å². The Morgan fingerprint density at radius 2 is 2.31 bits per heavy atom. The van der Waals surface area contributed by atoms with Gasteiger partial charge >= 0.3 is 4.87 Å². The van der Waals surface area contributed by atoms with Gasteiger partial charge in [0, 0.05) is 0 Å². The second kappa shape index (κ2) is 6.89. The Balaban J connectivity index is 2.19. The smallest absolute Gasteiger partial charge is 0.311 e. The maximum atomic E-state index is 12.7. The Labute approximate surface area is 153 Å². The highest BCUT2D eigenvalue weighted by molar-refractivity contribution is 7.16. The number of H-pyrrole nitrogens is 1. The summed E-state index contributed by atoms with van der Waals surface area (Å²) in [4.78, 5) is 31.3. The average molecular weight is 381 g/mol. The van der Waals surface area contributed by atoms with Crippen molar-refractivity contribution in [2.75, 3.05) is 5.43 Å². The van der Waals surface area contributed by atoms with E-state index in [9.17, 15) is 9.59 Å². The predicted octanol–water partition coefficient (Wildman–Crippen LogP) is 1.95. The molecule has 1 saturated heterocycles. The van der Waals surface area contributed by atoms with Gasteiger partial charge in [0.2, 0.25) is 5.95 Å². The molecule has 10 nitrogen and oxygen atoms in total. The lowest BCUT2D eigenvalue weighted by Gasteiger charge is -2.33. The summed E-state index contributed by atoms with van der Waals surface area (Å²) in [6.07, 6.45) is 1.65. The number of hydrogen-bond acceptors (Lipinski definition) is 8. The van der Waals surface area contributed by atoms with Crippen molar-refractivity contribution in [1.82, 2.24) is 14.5 Å². The van der Waals surface area contributed by atoms with E-state index in [1.807, 2.05) is 13.8 Å². The van der Waals surface area contributed by atoms with Crippen molar-refractivity contribution in [2.24, 2.45) is 16.9 Å². The zero-order valence-corrected chi connectivity index (χ0v) is 15.7. The first-order valence-corrected chi connectivity index (χ1v) is 9.35. The Bertz CT molecular complexity index is 933. The summed E-state index contributed by atoms with van der Waals surface area (Å²) >= 11 is 0.806. The van der Waals surface area contributed by atoms with Crippen LogP contribution in [0.1, 0.15) is 46.3 Å². The first-order valence-electron chi connectivity index (χ1n) is 8.54. The number of fused-ring (bicyclic) bond motifs is 1. The van der Waals surface area contributed by atoms with Gasteiger partial charge in [0.15, 0.2) is 11.9 Å². The molecule has 1 aliphatic rings. The van der Waals surface area contributed by atoms with Crippen LogP contribution in [0.3, 0.4) is 0 Å². The largest absolute Gasteiger partial charge is 0.353 e. The topological polar surface area (TPSA) is 151 Å². The van der Waals surface area contributed by atoms with Crippen molar-refractivity contribution >= 4 is 27.6 Å². The van der Waals surface area contributed by atoms with Crippen LogP contribution >= 0.6 is 11.3 Å². The van der Waals surface area contributed by atoms with Crippen LogP contribution in [0.2, 0.25) is 0 Å². The van der Waals surface area contributed by atoms with Crippen molar-refractivity contribution < 1.29 is 4.74 Å². The summed E-state index contributed by atoms with van der Waals surface area (Å²) in [5.74, 6) is 0.0402. The van der Waals surface area contributed by atoms with Crippen molar-refractivity contribution in [3.05, 3.63) is 20.0 Å². The zero-order valence-electron chi connectivity index (χ0n) is 14.9. The zero-order chi connectivity index (χ0) is 19.1. The van der Waals surface area contributed by atoms with Crippen molar-refractivity contribution in [3.8, 4) is 0 Å². The minimum atomic E-state index is -0.755. The maximum Gasteiger partial charge on any atom is 0.311 e. The summed E-state index contributed by atoms with van der Waals surface area (Å²) < 4.78 is 7.73. The lowest BCUT2D eigenvalue weighted by atomic mass is 9.82. The molecule has 26 heavy (non-hydrogen) atoms. The summed E-state index contributed by atoms with van der Waals surface area (Å²) in [5.41, 5.74) is 14.8. The van der Waals surface area contributed by atoms with Crippen LogP contribution in [0.5, 0.6) is 0 Å². The fraction of sp³-hybridized carbons (Fsp3) is 0.667. The van der Waals surface area contributed by atoms with E-state index in [0.717, 1.165) is 24.2 Å². The molecule has 3 heterocycles. The quantitative estimate of drug-likeness (QED) is 0.443. The second-order valence-corrected chi connectivity index (χ2v) is 7.86. The fourth-order valence-corrected chi connectivity index (χ4v) is 4.24. The highest BCUT2D eigenvalue weighted by Gasteiger charge is 2.49. The van der Waals surface area contributed by atoms with Gasteiger partial charge in [-0.25, -0.2) is 5.43 Å². The molecular weight excluding hydrogens is 358 g/mol. The van der Waals surface area contributed by atoms with E-state index in [4.69, 9.17) is 16.0 Å². The summed E-state index contributed by atoms with van der Waals surface area (Å²) in [6.45, 7) is 6.06. The van der Waals surface area contributed by atoms with E-state index in [-0.39, 0.29) is 33.2 Å². The Hall–Kier alpha value is -2.11. The highest BCUT2D eigenvalue weighted by atomic mass is 32.1. The van der Waals surface area contributed by atoms with Gasteiger partial charge in [-0.2, -0.15) is 10.5 Å². The second-order valence-electron chi connectivity index (χ2n) is 6.90. The molecule has 1 aliphatic heterocycles. The van der Waals surface area contributed by atoms with Crippen LogP contribution in [0.15, 0.2) is 14.8 Å². The monoisotopic (exact) mass is 381 g/mol. The maximum absolute atomic E-state index is 12.7. The molecule has 2 aromatic heterocycles. The van der Waals surface area contributed by atoms with E-state index < -0.39 is 17.3 Å². The third kappa shape index (κ3) is 2.95. The molecule has 0 saturated carbocycles. The van der Waals surface area contributed by atoms with Crippen LogP contribution in [0.4, 0.5) is 5.95 Å². The minimum absolute atomic E-state index is 0.0145. The molecule has 3 rings (SSSR count). The number of aromatic amines is 1. The Morgan fingerprint density at radius 3 is 2.92 bits per heavy atom. The van der Waals surface area contributed by atoms with E-state index >= 15 is 0 Å². The SMILES string of the molecule is CCCC1C[C@](N)(C(C)C)[C@H](n2c(=O)sc3c(=O)[nH]c(NN=N)nc32)O1. The van der Waals surface area contributed by atoms with E-state index in [2.05, 4.69) is 27.5 Å². The van der Waals surface area contributed by atoms with Gasteiger partial charge in [-0.3, -0.25) is 19.1 Å². The summed E-state index contributed by atoms with van der Waals surface area (Å²) in [6, 6.07) is 0. The molecule has 1 unspecified atom stereocenters. The molecule has 142 valence electrons. The van der Waals surface area contributed by atoms with Crippen molar-refractivity contribution in [3.63, 3.8) is 0 Å². The molecule has 0 aliphatic carbocycles. The van der Waals surface area contributed by atoms with Gasteiger partial charge in [-0.1, -0.05) is 43.8 Å².